The summed E-state index contributed by atoms with van der Waals surface area (Å²) in [6, 6.07) is 0.00161. The van der Waals surface area contributed by atoms with Crippen molar-refractivity contribution in [2.24, 2.45) is 11.3 Å². The Balaban J connectivity index is 2.42. The molecule has 0 spiro atoms. The van der Waals surface area contributed by atoms with Crippen molar-refractivity contribution in [2.75, 3.05) is 19.7 Å². The van der Waals surface area contributed by atoms with Crippen molar-refractivity contribution >= 4 is 11.8 Å². The van der Waals surface area contributed by atoms with Gasteiger partial charge in [-0.25, -0.2) is 0 Å². The van der Waals surface area contributed by atoms with E-state index in [0.717, 1.165) is 12.8 Å². The molecule has 0 radical (unpaired) electrons. The Bertz CT molecular complexity index is 342. The average Bonchev–Trinajstić information content (AvgIpc) is 2.37. The van der Waals surface area contributed by atoms with Gasteiger partial charge in [0.2, 0.25) is 11.8 Å². The van der Waals surface area contributed by atoms with Crippen molar-refractivity contribution in [3.63, 3.8) is 0 Å². The highest BCUT2D eigenvalue weighted by atomic mass is 16.3. The normalized spacial score (nSPS) is 18.8. The Hall–Kier alpha value is -1.10. The molecule has 0 aromatic rings. The Morgan fingerprint density at radius 2 is 1.85 bits per heavy atom. The molecule has 0 bridgehead atoms. The summed E-state index contributed by atoms with van der Waals surface area (Å²) in [6.07, 6.45) is 2.02. The van der Waals surface area contributed by atoms with Crippen LogP contribution in [-0.2, 0) is 9.59 Å². The quantitative estimate of drug-likeness (QED) is 0.814. The van der Waals surface area contributed by atoms with Crippen LogP contribution in [0.15, 0.2) is 0 Å². The van der Waals surface area contributed by atoms with Gasteiger partial charge in [-0.15, -0.1) is 0 Å². The molecule has 1 rings (SSSR count). The molecule has 0 aliphatic carbocycles. The third-order valence-electron chi connectivity index (χ3n) is 3.75. The van der Waals surface area contributed by atoms with E-state index in [1.807, 2.05) is 32.6 Å². The van der Waals surface area contributed by atoms with E-state index in [1.165, 1.54) is 0 Å². The number of aliphatic hydroxyl groups is 1. The first-order valence-corrected chi connectivity index (χ1v) is 7.46. The molecule has 20 heavy (non-hydrogen) atoms. The Morgan fingerprint density at radius 1 is 1.30 bits per heavy atom. The molecule has 116 valence electrons. The van der Waals surface area contributed by atoms with Gasteiger partial charge in [0.1, 0.15) is 0 Å². The van der Waals surface area contributed by atoms with E-state index in [-0.39, 0.29) is 35.8 Å². The number of nitrogens with one attached hydrogen (secondary N) is 1. The van der Waals surface area contributed by atoms with Crippen LogP contribution in [0.3, 0.4) is 0 Å². The number of carbonyl (C=O) groups is 2. The molecular formula is C15H28N2O3. The van der Waals surface area contributed by atoms with E-state index in [2.05, 4.69) is 5.32 Å². The van der Waals surface area contributed by atoms with E-state index in [9.17, 15) is 9.59 Å². The molecule has 1 atom stereocenters. The van der Waals surface area contributed by atoms with Gasteiger partial charge in [0.25, 0.3) is 0 Å². The van der Waals surface area contributed by atoms with Crippen molar-refractivity contribution in [1.29, 1.82) is 0 Å². The van der Waals surface area contributed by atoms with E-state index >= 15 is 0 Å². The van der Waals surface area contributed by atoms with Gasteiger partial charge >= 0.3 is 0 Å². The summed E-state index contributed by atoms with van der Waals surface area (Å²) in [6.45, 7) is 9.05. The molecule has 1 aliphatic rings. The fourth-order valence-electron chi connectivity index (χ4n) is 2.45. The van der Waals surface area contributed by atoms with Gasteiger partial charge in [0, 0.05) is 37.1 Å². The largest absolute Gasteiger partial charge is 0.396 e. The van der Waals surface area contributed by atoms with Gasteiger partial charge in [-0.05, 0) is 26.2 Å². The van der Waals surface area contributed by atoms with Crippen LogP contribution in [0, 0.1) is 11.3 Å². The molecule has 1 fully saturated rings. The molecule has 1 saturated heterocycles. The molecule has 5 nitrogen and oxygen atoms in total. The van der Waals surface area contributed by atoms with Crippen LogP contribution in [0.5, 0.6) is 0 Å². The maximum absolute atomic E-state index is 12.2. The maximum atomic E-state index is 12.2. The number of carbonyl (C=O) groups excluding carboxylic acids is 2. The number of rotatable bonds is 4. The SMILES string of the molecule is CC(CCO)NC(=O)C1CCN(C(=O)C(C)(C)C)CC1. The second-order valence-corrected chi connectivity index (χ2v) is 6.74. The van der Waals surface area contributed by atoms with E-state index in [4.69, 9.17) is 5.11 Å². The molecule has 5 heteroatoms. The highest BCUT2D eigenvalue weighted by Crippen LogP contribution is 2.23. The summed E-state index contributed by atoms with van der Waals surface area (Å²) in [4.78, 5) is 26.1. The number of nitrogens with zero attached hydrogens (tertiary/aromatic N) is 1. The fraction of sp³-hybridized carbons (Fsp3) is 0.867. The summed E-state index contributed by atoms with van der Waals surface area (Å²) in [7, 11) is 0. The first kappa shape index (κ1) is 17.0. The maximum Gasteiger partial charge on any atom is 0.227 e. The van der Waals surface area contributed by atoms with Gasteiger partial charge in [0.15, 0.2) is 0 Å². The Labute approximate surface area is 121 Å². The number of hydrogen-bond donors (Lipinski definition) is 2. The van der Waals surface area contributed by atoms with Crippen LogP contribution in [0.25, 0.3) is 0 Å². The van der Waals surface area contributed by atoms with E-state index in [0.29, 0.717) is 19.5 Å². The minimum atomic E-state index is -0.356. The number of hydrogen-bond acceptors (Lipinski definition) is 3. The topological polar surface area (TPSA) is 69.6 Å². The zero-order valence-electron chi connectivity index (χ0n) is 13.1. The Morgan fingerprint density at radius 3 is 2.30 bits per heavy atom. The number of piperidine rings is 1. The molecule has 0 saturated carbocycles. The van der Waals surface area contributed by atoms with Crippen molar-refractivity contribution in [3.8, 4) is 0 Å². The van der Waals surface area contributed by atoms with Crippen LogP contribution < -0.4 is 5.32 Å². The molecule has 1 heterocycles. The first-order valence-electron chi connectivity index (χ1n) is 7.46. The van der Waals surface area contributed by atoms with Crippen molar-refractivity contribution < 1.29 is 14.7 Å². The second kappa shape index (κ2) is 7.07. The summed E-state index contributed by atoms with van der Waals surface area (Å²) in [5.74, 6) is 0.193. The molecule has 0 aromatic carbocycles. The number of amides is 2. The summed E-state index contributed by atoms with van der Waals surface area (Å²) >= 11 is 0. The predicted molar refractivity (Wildman–Crippen MR) is 78.1 cm³/mol. The minimum absolute atomic E-state index is 0.00161. The molecule has 2 N–H and O–H groups in total. The summed E-state index contributed by atoms with van der Waals surface area (Å²) in [5.41, 5.74) is -0.356. The lowest BCUT2D eigenvalue weighted by Gasteiger charge is -2.35. The third-order valence-corrected chi connectivity index (χ3v) is 3.75. The molecular weight excluding hydrogens is 256 g/mol. The Kier molecular flexibility index (Phi) is 5.99. The van der Waals surface area contributed by atoms with Crippen molar-refractivity contribution in [1.82, 2.24) is 10.2 Å². The van der Waals surface area contributed by atoms with E-state index in [1.54, 1.807) is 0 Å². The smallest absolute Gasteiger partial charge is 0.227 e. The van der Waals surface area contributed by atoms with Crippen molar-refractivity contribution in [3.05, 3.63) is 0 Å². The van der Waals surface area contributed by atoms with Crippen LogP contribution in [-0.4, -0.2) is 47.6 Å². The van der Waals surface area contributed by atoms with E-state index < -0.39 is 0 Å². The summed E-state index contributed by atoms with van der Waals surface area (Å²) < 4.78 is 0. The summed E-state index contributed by atoms with van der Waals surface area (Å²) in [5, 5.41) is 11.8. The first-order chi connectivity index (χ1) is 9.25. The third kappa shape index (κ3) is 4.78. The zero-order valence-corrected chi connectivity index (χ0v) is 13.1. The number of likely N-dealkylation sites (tertiary alicyclic amines) is 1. The van der Waals surface area contributed by atoms with Gasteiger partial charge in [-0.1, -0.05) is 20.8 Å². The average molecular weight is 284 g/mol. The van der Waals surface area contributed by atoms with Gasteiger partial charge in [-0.3, -0.25) is 9.59 Å². The van der Waals surface area contributed by atoms with Gasteiger partial charge < -0.3 is 15.3 Å². The van der Waals surface area contributed by atoms with Gasteiger partial charge in [0.05, 0.1) is 0 Å². The van der Waals surface area contributed by atoms with Crippen LogP contribution in [0.4, 0.5) is 0 Å². The highest BCUT2D eigenvalue weighted by Gasteiger charge is 2.32. The lowest BCUT2D eigenvalue weighted by atomic mass is 9.90. The molecule has 2 amide bonds. The zero-order chi connectivity index (χ0) is 15.3. The van der Waals surface area contributed by atoms with Crippen molar-refractivity contribution in [2.45, 2.75) is 53.0 Å². The second-order valence-electron chi connectivity index (χ2n) is 6.74. The van der Waals surface area contributed by atoms with Crippen LogP contribution in [0.1, 0.15) is 47.0 Å². The predicted octanol–water partition coefficient (Wildman–Crippen LogP) is 1.16. The van der Waals surface area contributed by atoms with Crippen LogP contribution >= 0.6 is 0 Å². The lowest BCUT2D eigenvalue weighted by molar-refractivity contribution is -0.142. The minimum Gasteiger partial charge on any atom is -0.396 e. The molecule has 1 aliphatic heterocycles. The monoisotopic (exact) mass is 284 g/mol. The van der Waals surface area contributed by atoms with Gasteiger partial charge in [-0.2, -0.15) is 0 Å². The number of aliphatic hydroxyl groups excluding tert-OH is 1. The lowest BCUT2D eigenvalue weighted by Crippen LogP contribution is -2.47. The molecule has 0 aromatic heterocycles. The molecule has 1 unspecified atom stereocenters. The highest BCUT2D eigenvalue weighted by molar-refractivity contribution is 5.82. The van der Waals surface area contributed by atoms with Crippen LogP contribution in [0.2, 0.25) is 0 Å². The fourth-order valence-corrected chi connectivity index (χ4v) is 2.45. The standard InChI is InChI=1S/C15H28N2O3/c1-11(7-10-18)16-13(19)12-5-8-17(9-6-12)14(20)15(2,3)4/h11-12,18H,5-10H2,1-4H3,(H,16,19).